The first-order valence-corrected chi connectivity index (χ1v) is 7.32. The number of pyridine rings is 1. The molecule has 1 N–H and O–H groups in total. The lowest BCUT2D eigenvalue weighted by Gasteiger charge is -2.03. The number of H-pyrrole nitrogens is 1. The normalized spacial score (nSPS) is 20.8. The second-order valence-corrected chi connectivity index (χ2v) is 5.92. The van der Waals surface area contributed by atoms with Crippen LogP contribution in [0.2, 0.25) is 0 Å². The van der Waals surface area contributed by atoms with Crippen LogP contribution in [0.15, 0.2) is 47.4 Å². The standard InChI is InChI=1S/C17H17N3O/c1-11-6-7-14(18-9-11)13-8-12(13)10-20-16-5-3-2-4-15(16)19-17(20)21/h2-7,9,12-13H,8,10H2,1H3,(H,19,21). The van der Waals surface area contributed by atoms with Crippen molar-refractivity contribution in [1.29, 1.82) is 0 Å². The predicted molar refractivity (Wildman–Crippen MR) is 82.4 cm³/mol. The van der Waals surface area contributed by atoms with Crippen molar-refractivity contribution in [2.45, 2.75) is 25.8 Å². The van der Waals surface area contributed by atoms with E-state index in [0.29, 0.717) is 11.8 Å². The average molecular weight is 279 g/mol. The van der Waals surface area contributed by atoms with Gasteiger partial charge in [-0.05, 0) is 43.0 Å². The van der Waals surface area contributed by atoms with Gasteiger partial charge in [-0.25, -0.2) is 4.79 Å². The third kappa shape index (κ3) is 2.17. The molecule has 106 valence electrons. The fourth-order valence-corrected chi connectivity index (χ4v) is 3.03. The molecular formula is C17H17N3O. The second kappa shape index (κ2) is 4.58. The van der Waals surface area contributed by atoms with E-state index in [0.717, 1.165) is 29.7 Å². The van der Waals surface area contributed by atoms with Gasteiger partial charge in [0.2, 0.25) is 0 Å². The van der Waals surface area contributed by atoms with Crippen molar-refractivity contribution in [2.24, 2.45) is 5.92 Å². The molecule has 0 radical (unpaired) electrons. The van der Waals surface area contributed by atoms with E-state index in [4.69, 9.17) is 0 Å². The van der Waals surface area contributed by atoms with E-state index in [1.807, 2.05) is 42.0 Å². The number of benzene rings is 1. The zero-order valence-electron chi connectivity index (χ0n) is 11.9. The molecule has 0 saturated heterocycles. The molecule has 1 fully saturated rings. The second-order valence-electron chi connectivity index (χ2n) is 5.92. The van der Waals surface area contributed by atoms with E-state index in [1.165, 1.54) is 5.56 Å². The maximum absolute atomic E-state index is 12.1. The third-order valence-electron chi connectivity index (χ3n) is 4.34. The summed E-state index contributed by atoms with van der Waals surface area (Å²) in [5, 5.41) is 0. The Morgan fingerprint density at radius 3 is 2.95 bits per heavy atom. The summed E-state index contributed by atoms with van der Waals surface area (Å²) in [5.41, 5.74) is 4.22. The Kier molecular flexibility index (Phi) is 2.70. The smallest absolute Gasteiger partial charge is 0.306 e. The summed E-state index contributed by atoms with van der Waals surface area (Å²) in [7, 11) is 0. The van der Waals surface area contributed by atoms with Gasteiger partial charge in [-0.15, -0.1) is 0 Å². The van der Waals surface area contributed by atoms with Crippen molar-refractivity contribution in [1.82, 2.24) is 14.5 Å². The predicted octanol–water partition coefficient (Wildman–Crippen LogP) is 2.84. The Labute approximate surface area is 122 Å². The first-order valence-electron chi connectivity index (χ1n) is 7.32. The van der Waals surface area contributed by atoms with Crippen LogP contribution >= 0.6 is 0 Å². The summed E-state index contributed by atoms with van der Waals surface area (Å²) in [4.78, 5) is 19.5. The van der Waals surface area contributed by atoms with Crippen LogP contribution in [0, 0.1) is 12.8 Å². The Morgan fingerprint density at radius 1 is 1.29 bits per heavy atom. The van der Waals surface area contributed by atoms with Gasteiger partial charge in [0, 0.05) is 24.4 Å². The van der Waals surface area contributed by atoms with Crippen LogP contribution in [0.25, 0.3) is 11.0 Å². The van der Waals surface area contributed by atoms with E-state index >= 15 is 0 Å². The number of aryl methyl sites for hydroxylation is 1. The maximum atomic E-state index is 12.1. The number of hydrogen-bond acceptors (Lipinski definition) is 2. The fraction of sp³-hybridized carbons (Fsp3) is 0.294. The zero-order chi connectivity index (χ0) is 14.4. The van der Waals surface area contributed by atoms with E-state index in [2.05, 4.69) is 22.1 Å². The molecule has 1 aliphatic carbocycles. The SMILES string of the molecule is Cc1ccc(C2CC2Cn2c(=O)[nH]c3ccccc32)nc1. The molecule has 21 heavy (non-hydrogen) atoms. The number of nitrogens with zero attached hydrogens (tertiary/aromatic N) is 2. The van der Waals surface area contributed by atoms with Crippen LogP contribution in [0.3, 0.4) is 0 Å². The molecule has 4 nitrogen and oxygen atoms in total. The van der Waals surface area contributed by atoms with Crippen LogP contribution in [0.4, 0.5) is 0 Å². The van der Waals surface area contributed by atoms with E-state index < -0.39 is 0 Å². The number of nitrogens with one attached hydrogen (secondary N) is 1. The number of hydrogen-bond donors (Lipinski definition) is 1. The van der Waals surface area contributed by atoms with Crippen molar-refractivity contribution >= 4 is 11.0 Å². The molecule has 2 unspecified atom stereocenters. The lowest BCUT2D eigenvalue weighted by atomic mass is 10.2. The first kappa shape index (κ1) is 12.4. The van der Waals surface area contributed by atoms with E-state index in [-0.39, 0.29) is 5.69 Å². The van der Waals surface area contributed by atoms with E-state index in [9.17, 15) is 4.79 Å². The Balaban J connectivity index is 1.58. The molecule has 1 aliphatic rings. The minimum atomic E-state index is -0.0151. The molecule has 3 aromatic rings. The molecule has 0 amide bonds. The monoisotopic (exact) mass is 279 g/mol. The molecule has 0 spiro atoms. The summed E-state index contributed by atoms with van der Waals surface area (Å²) in [5.74, 6) is 1.00. The average Bonchev–Trinajstić information content (AvgIpc) is 3.18. The Bertz CT molecular complexity index is 844. The third-order valence-corrected chi connectivity index (χ3v) is 4.34. The van der Waals surface area contributed by atoms with Gasteiger partial charge in [-0.3, -0.25) is 9.55 Å². The number of fused-ring (bicyclic) bond motifs is 1. The lowest BCUT2D eigenvalue weighted by molar-refractivity contribution is 0.607. The van der Waals surface area contributed by atoms with Gasteiger partial charge in [0.15, 0.2) is 0 Å². The molecule has 1 saturated carbocycles. The summed E-state index contributed by atoms with van der Waals surface area (Å²) < 4.78 is 1.86. The molecule has 2 heterocycles. The highest BCUT2D eigenvalue weighted by Crippen LogP contribution is 2.47. The quantitative estimate of drug-likeness (QED) is 0.801. The van der Waals surface area contributed by atoms with Gasteiger partial charge in [0.1, 0.15) is 0 Å². The number of aromatic nitrogens is 3. The molecular weight excluding hydrogens is 262 g/mol. The van der Waals surface area contributed by atoms with Crippen molar-refractivity contribution < 1.29 is 0 Å². The van der Waals surface area contributed by atoms with Gasteiger partial charge in [0.25, 0.3) is 0 Å². The number of aromatic amines is 1. The summed E-state index contributed by atoms with van der Waals surface area (Å²) in [6, 6.07) is 12.1. The van der Waals surface area contributed by atoms with Crippen molar-refractivity contribution in [3.63, 3.8) is 0 Å². The maximum Gasteiger partial charge on any atom is 0.326 e. The Morgan fingerprint density at radius 2 is 2.14 bits per heavy atom. The molecule has 1 aromatic carbocycles. The summed E-state index contributed by atoms with van der Waals surface area (Å²) in [6.07, 6.45) is 3.03. The first-order chi connectivity index (χ1) is 10.2. The highest BCUT2D eigenvalue weighted by atomic mass is 16.1. The highest BCUT2D eigenvalue weighted by Gasteiger charge is 2.39. The molecule has 0 bridgehead atoms. The topological polar surface area (TPSA) is 50.7 Å². The minimum absolute atomic E-state index is 0.0151. The van der Waals surface area contributed by atoms with Gasteiger partial charge in [0.05, 0.1) is 11.0 Å². The van der Waals surface area contributed by atoms with Crippen LogP contribution < -0.4 is 5.69 Å². The van der Waals surface area contributed by atoms with Crippen molar-refractivity contribution in [2.75, 3.05) is 0 Å². The summed E-state index contributed by atoms with van der Waals surface area (Å²) in [6.45, 7) is 2.82. The van der Waals surface area contributed by atoms with Gasteiger partial charge < -0.3 is 4.98 Å². The highest BCUT2D eigenvalue weighted by molar-refractivity contribution is 5.74. The lowest BCUT2D eigenvalue weighted by Crippen LogP contribution is -2.18. The van der Waals surface area contributed by atoms with Crippen molar-refractivity contribution in [3.05, 3.63) is 64.3 Å². The zero-order valence-corrected chi connectivity index (χ0v) is 11.9. The van der Waals surface area contributed by atoms with Crippen LogP contribution in [0.5, 0.6) is 0 Å². The van der Waals surface area contributed by atoms with Gasteiger partial charge in [-0.2, -0.15) is 0 Å². The number of para-hydroxylation sites is 2. The molecule has 2 atom stereocenters. The largest absolute Gasteiger partial charge is 0.326 e. The van der Waals surface area contributed by atoms with Crippen LogP contribution in [-0.4, -0.2) is 14.5 Å². The van der Waals surface area contributed by atoms with Crippen LogP contribution in [-0.2, 0) is 6.54 Å². The summed E-state index contributed by atoms with van der Waals surface area (Å²) >= 11 is 0. The number of rotatable bonds is 3. The van der Waals surface area contributed by atoms with E-state index in [1.54, 1.807) is 0 Å². The van der Waals surface area contributed by atoms with Gasteiger partial charge >= 0.3 is 5.69 Å². The number of imidazole rings is 1. The van der Waals surface area contributed by atoms with Crippen LogP contribution in [0.1, 0.15) is 23.6 Å². The molecule has 4 heteroatoms. The fourth-order valence-electron chi connectivity index (χ4n) is 3.03. The Hall–Kier alpha value is -2.36. The molecule has 4 rings (SSSR count). The minimum Gasteiger partial charge on any atom is -0.306 e. The molecule has 2 aromatic heterocycles. The molecule has 0 aliphatic heterocycles. The van der Waals surface area contributed by atoms with Crippen molar-refractivity contribution in [3.8, 4) is 0 Å². The van der Waals surface area contributed by atoms with Gasteiger partial charge in [-0.1, -0.05) is 18.2 Å².